The second-order valence-electron chi connectivity index (χ2n) is 4.71. The Balaban J connectivity index is 2.29. The van der Waals surface area contributed by atoms with Gasteiger partial charge in [-0.25, -0.2) is 0 Å². The monoisotopic (exact) mass is 255 g/mol. The summed E-state index contributed by atoms with van der Waals surface area (Å²) in [5.41, 5.74) is 2.11. The van der Waals surface area contributed by atoms with Gasteiger partial charge >= 0.3 is 0 Å². The van der Waals surface area contributed by atoms with Crippen LogP contribution in [-0.2, 0) is 0 Å². The third-order valence-corrected chi connectivity index (χ3v) is 2.63. The predicted molar refractivity (Wildman–Crippen MR) is 74.6 cm³/mol. The number of ether oxygens (including phenoxy) is 1. The van der Waals surface area contributed by atoms with E-state index in [1.54, 1.807) is 30.5 Å². The fourth-order valence-electron chi connectivity index (χ4n) is 1.84. The van der Waals surface area contributed by atoms with Gasteiger partial charge in [0.25, 0.3) is 0 Å². The van der Waals surface area contributed by atoms with Gasteiger partial charge in [0, 0.05) is 23.0 Å². The number of nitrogens with zero attached hydrogens (tertiary/aromatic N) is 1. The van der Waals surface area contributed by atoms with Crippen LogP contribution in [0.2, 0.25) is 0 Å². The zero-order valence-corrected chi connectivity index (χ0v) is 11.4. The zero-order valence-electron chi connectivity index (χ0n) is 11.4. The van der Waals surface area contributed by atoms with Gasteiger partial charge in [-0.2, -0.15) is 0 Å². The molecular weight excluding hydrogens is 238 g/mol. The van der Waals surface area contributed by atoms with Gasteiger partial charge in [-0.05, 0) is 45.0 Å². The molecule has 0 aliphatic rings. The van der Waals surface area contributed by atoms with Gasteiger partial charge in [-0.1, -0.05) is 12.1 Å². The molecule has 3 heteroatoms. The van der Waals surface area contributed by atoms with Crippen LogP contribution in [0.25, 0.3) is 0 Å². The lowest BCUT2D eigenvalue weighted by Crippen LogP contribution is -2.07. The van der Waals surface area contributed by atoms with Crippen LogP contribution in [0, 0.1) is 6.92 Å². The summed E-state index contributed by atoms with van der Waals surface area (Å²) >= 11 is 0. The maximum Gasteiger partial charge on any atom is 0.193 e. The van der Waals surface area contributed by atoms with Crippen molar-refractivity contribution in [1.82, 2.24) is 4.98 Å². The average Bonchev–Trinajstić information content (AvgIpc) is 2.37. The lowest BCUT2D eigenvalue weighted by molar-refractivity contribution is 0.103. The van der Waals surface area contributed by atoms with Gasteiger partial charge < -0.3 is 4.74 Å². The summed E-state index contributed by atoms with van der Waals surface area (Å²) in [6, 6.07) is 10.8. The summed E-state index contributed by atoms with van der Waals surface area (Å²) in [7, 11) is 0. The summed E-state index contributed by atoms with van der Waals surface area (Å²) < 4.78 is 5.60. The molecule has 19 heavy (non-hydrogen) atoms. The van der Waals surface area contributed by atoms with E-state index >= 15 is 0 Å². The molecule has 0 aliphatic heterocycles. The fraction of sp³-hybridized carbons (Fsp3) is 0.250. The van der Waals surface area contributed by atoms with Crippen molar-refractivity contribution in [2.45, 2.75) is 26.9 Å². The molecule has 0 spiro atoms. The molecule has 0 atom stereocenters. The van der Waals surface area contributed by atoms with E-state index in [2.05, 4.69) is 4.98 Å². The topological polar surface area (TPSA) is 39.2 Å². The van der Waals surface area contributed by atoms with Crippen LogP contribution in [0.5, 0.6) is 5.75 Å². The first kappa shape index (κ1) is 13.3. The molecule has 1 aromatic heterocycles. The second kappa shape index (κ2) is 5.65. The minimum Gasteiger partial charge on any atom is -0.491 e. The molecule has 0 bridgehead atoms. The summed E-state index contributed by atoms with van der Waals surface area (Å²) in [5, 5.41) is 0. The Morgan fingerprint density at radius 1 is 1.16 bits per heavy atom. The van der Waals surface area contributed by atoms with E-state index in [4.69, 9.17) is 4.74 Å². The first-order valence-corrected chi connectivity index (χ1v) is 6.30. The molecule has 98 valence electrons. The number of rotatable bonds is 4. The second-order valence-corrected chi connectivity index (χ2v) is 4.71. The number of hydrogen-bond donors (Lipinski definition) is 0. The molecule has 0 aliphatic carbocycles. The molecule has 0 unspecified atom stereocenters. The van der Waals surface area contributed by atoms with E-state index in [1.807, 2.05) is 32.9 Å². The van der Waals surface area contributed by atoms with Crippen molar-refractivity contribution in [2.24, 2.45) is 0 Å². The van der Waals surface area contributed by atoms with Gasteiger partial charge in [-0.3, -0.25) is 9.78 Å². The highest BCUT2D eigenvalue weighted by Crippen LogP contribution is 2.18. The van der Waals surface area contributed by atoms with Crippen LogP contribution >= 0.6 is 0 Å². The van der Waals surface area contributed by atoms with E-state index in [0.717, 1.165) is 5.69 Å². The quantitative estimate of drug-likeness (QED) is 0.786. The first-order valence-electron chi connectivity index (χ1n) is 6.30. The highest BCUT2D eigenvalue weighted by Gasteiger charge is 2.10. The van der Waals surface area contributed by atoms with E-state index in [1.165, 1.54) is 0 Å². The van der Waals surface area contributed by atoms with Crippen molar-refractivity contribution < 1.29 is 9.53 Å². The van der Waals surface area contributed by atoms with Gasteiger partial charge in [0.05, 0.1) is 6.10 Å². The minimum absolute atomic E-state index is 0.0142. The molecule has 0 amide bonds. The van der Waals surface area contributed by atoms with Gasteiger partial charge in [0.2, 0.25) is 0 Å². The molecule has 0 radical (unpaired) electrons. The molecule has 0 saturated heterocycles. The Labute approximate surface area is 113 Å². The molecule has 3 nitrogen and oxygen atoms in total. The average molecular weight is 255 g/mol. The number of pyridine rings is 1. The number of aryl methyl sites for hydroxylation is 1. The van der Waals surface area contributed by atoms with Crippen molar-refractivity contribution in [3.05, 3.63) is 59.4 Å². The highest BCUT2D eigenvalue weighted by atomic mass is 16.5. The normalized spacial score (nSPS) is 10.5. The lowest BCUT2D eigenvalue weighted by Gasteiger charge is -2.10. The molecule has 0 saturated carbocycles. The van der Waals surface area contributed by atoms with Crippen molar-refractivity contribution in [2.75, 3.05) is 0 Å². The largest absolute Gasteiger partial charge is 0.491 e. The highest BCUT2D eigenvalue weighted by molar-refractivity contribution is 6.09. The number of ketones is 1. The Kier molecular flexibility index (Phi) is 3.95. The Morgan fingerprint density at radius 2 is 1.89 bits per heavy atom. The van der Waals surface area contributed by atoms with Gasteiger partial charge in [0.1, 0.15) is 5.75 Å². The van der Waals surface area contributed by atoms with E-state index in [0.29, 0.717) is 16.9 Å². The Morgan fingerprint density at radius 3 is 2.58 bits per heavy atom. The lowest BCUT2D eigenvalue weighted by atomic mass is 10.0. The van der Waals surface area contributed by atoms with E-state index in [-0.39, 0.29) is 11.9 Å². The van der Waals surface area contributed by atoms with Crippen LogP contribution in [0.15, 0.2) is 42.6 Å². The van der Waals surface area contributed by atoms with Crippen LogP contribution in [0.3, 0.4) is 0 Å². The molecule has 1 aromatic carbocycles. The molecule has 2 rings (SSSR count). The number of carbonyl (C=O) groups excluding carboxylic acids is 1. The maximum absolute atomic E-state index is 12.4. The molecule has 1 heterocycles. The first-order chi connectivity index (χ1) is 9.06. The summed E-state index contributed by atoms with van der Waals surface area (Å²) in [5.74, 6) is 0.700. The molecule has 2 aromatic rings. The predicted octanol–water partition coefficient (Wildman–Crippen LogP) is 3.41. The summed E-state index contributed by atoms with van der Waals surface area (Å²) in [4.78, 5) is 16.4. The standard InChI is InChI=1S/C16H17NO2/c1-11(2)19-15-6-4-5-13(10-15)16(18)14-7-8-17-12(3)9-14/h4-11H,1-3H3. The van der Waals surface area contributed by atoms with Crippen molar-refractivity contribution in [3.8, 4) is 5.75 Å². The van der Waals surface area contributed by atoms with Crippen LogP contribution in [0.1, 0.15) is 35.5 Å². The van der Waals surface area contributed by atoms with E-state index in [9.17, 15) is 4.79 Å². The van der Waals surface area contributed by atoms with E-state index < -0.39 is 0 Å². The van der Waals surface area contributed by atoms with Crippen LogP contribution < -0.4 is 4.74 Å². The van der Waals surface area contributed by atoms with Crippen LogP contribution in [-0.4, -0.2) is 16.9 Å². The zero-order chi connectivity index (χ0) is 13.8. The third kappa shape index (κ3) is 3.41. The third-order valence-electron chi connectivity index (χ3n) is 2.63. The van der Waals surface area contributed by atoms with Crippen molar-refractivity contribution >= 4 is 5.78 Å². The van der Waals surface area contributed by atoms with Gasteiger partial charge in [-0.15, -0.1) is 0 Å². The Bertz CT molecular complexity index is 591. The van der Waals surface area contributed by atoms with Crippen molar-refractivity contribution in [1.29, 1.82) is 0 Å². The number of benzene rings is 1. The SMILES string of the molecule is Cc1cc(C(=O)c2cccc(OC(C)C)c2)ccn1. The van der Waals surface area contributed by atoms with Crippen molar-refractivity contribution in [3.63, 3.8) is 0 Å². The number of aromatic nitrogens is 1. The summed E-state index contributed by atoms with van der Waals surface area (Å²) in [6.45, 7) is 5.79. The number of hydrogen-bond acceptors (Lipinski definition) is 3. The Hall–Kier alpha value is -2.16. The molecular formula is C16H17NO2. The smallest absolute Gasteiger partial charge is 0.193 e. The molecule has 0 fully saturated rings. The van der Waals surface area contributed by atoms with Crippen LogP contribution in [0.4, 0.5) is 0 Å². The number of carbonyl (C=O) groups is 1. The molecule has 0 N–H and O–H groups in total. The summed E-state index contributed by atoms with van der Waals surface area (Å²) in [6.07, 6.45) is 1.74. The minimum atomic E-state index is -0.0142. The fourth-order valence-corrected chi connectivity index (χ4v) is 1.84. The van der Waals surface area contributed by atoms with Gasteiger partial charge in [0.15, 0.2) is 5.78 Å². The maximum atomic E-state index is 12.4.